The van der Waals surface area contributed by atoms with Crippen molar-refractivity contribution in [3.63, 3.8) is 0 Å². The lowest BCUT2D eigenvalue weighted by Crippen LogP contribution is -2.48. The Morgan fingerprint density at radius 1 is 0.958 bits per heavy atom. The molecule has 2 aliphatic carbocycles. The summed E-state index contributed by atoms with van der Waals surface area (Å²) in [6, 6.07) is 6.81. The minimum atomic E-state index is -0.428. The smallest absolute Gasteiger partial charge is 0.270 e. The van der Waals surface area contributed by atoms with Gasteiger partial charge in [0.1, 0.15) is 0 Å². The monoisotopic (exact) mass is 330 g/mol. The Bertz CT molecular complexity index is 572. The third-order valence-corrected chi connectivity index (χ3v) is 5.47. The van der Waals surface area contributed by atoms with Crippen LogP contribution in [0.1, 0.15) is 74.6 Å². The molecule has 0 N–H and O–H groups in total. The number of amides is 1. The average molecular weight is 330 g/mol. The average Bonchev–Trinajstić information content (AvgIpc) is 2.64. The van der Waals surface area contributed by atoms with Gasteiger partial charge in [-0.2, -0.15) is 0 Å². The van der Waals surface area contributed by atoms with Gasteiger partial charge in [0, 0.05) is 29.8 Å². The summed E-state index contributed by atoms with van der Waals surface area (Å²) in [7, 11) is 0. The zero-order valence-corrected chi connectivity index (χ0v) is 14.2. The van der Waals surface area contributed by atoms with Crippen molar-refractivity contribution in [2.75, 3.05) is 0 Å². The highest BCUT2D eigenvalue weighted by atomic mass is 16.6. The zero-order valence-electron chi connectivity index (χ0n) is 14.2. The van der Waals surface area contributed by atoms with E-state index in [4.69, 9.17) is 0 Å². The van der Waals surface area contributed by atoms with E-state index in [0.29, 0.717) is 17.6 Å². The first-order chi connectivity index (χ1) is 11.7. The molecular weight excluding hydrogens is 304 g/mol. The van der Waals surface area contributed by atoms with Gasteiger partial charge in [-0.15, -0.1) is 0 Å². The predicted octanol–water partition coefficient (Wildman–Crippen LogP) is 4.70. The van der Waals surface area contributed by atoms with Crippen LogP contribution in [-0.2, 0) is 0 Å². The van der Waals surface area contributed by atoms with Gasteiger partial charge in [0.2, 0.25) is 0 Å². The summed E-state index contributed by atoms with van der Waals surface area (Å²) in [6.07, 6.45) is 11.5. The fraction of sp³-hybridized carbons (Fsp3) is 0.632. The predicted molar refractivity (Wildman–Crippen MR) is 93.0 cm³/mol. The molecule has 0 unspecified atom stereocenters. The van der Waals surface area contributed by atoms with Gasteiger partial charge in [-0.25, -0.2) is 0 Å². The number of nitro groups is 1. The first-order valence-electron chi connectivity index (χ1n) is 9.24. The van der Waals surface area contributed by atoms with Crippen LogP contribution in [0.4, 0.5) is 5.69 Å². The summed E-state index contributed by atoms with van der Waals surface area (Å²) < 4.78 is 0. The molecule has 1 aromatic rings. The summed E-state index contributed by atoms with van der Waals surface area (Å²) in [5.74, 6) is -0.0162. The van der Waals surface area contributed by atoms with E-state index in [1.807, 2.05) is 0 Å². The summed E-state index contributed by atoms with van der Waals surface area (Å²) >= 11 is 0. The maximum absolute atomic E-state index is 13.2. The van der Waals surface area contributed by atoms with Gasteiger partial charge in [-0.1, -0.05) is 44.6 Å². The van der Waals surface area contributed by atoms with E-state index in [1.54, 1.807) is 12.1 Å². The fourth-order valence-corrected chi connectivity index (χ4v) is 4.25. The van der Waals surface area contributed by atoms with E-state index in [2.05, 4.69) is 4.90 Å². The van der Waals surface area contributed by atoms with E-state index in [0.717, 1.165) is 25.7 Å². The molecular formula is C19H26N2O3. The first kappa shape index (κ1) is 16.9. The molecule has 5 nitrogen and oxygen atoms in total. The number of carbonyl (C=O) groups excluding carboxylic acids is 1. The van der Waals surface area contributed by atoms with Crippen LogP contribution in [0.15, 0.2) is 24.3 Å². The van der Waals surface area contributed by atoms with Crippen LogP contribution < -0.4 is 0 Å². The molecule has 5 heteroatoms. The van der Waals surface area contributed by atoms with E-state index in [1.165, 1.54) is 50.7 Å². The molecule has 3 rings (SSSR count). The Kier molecular flexibility index (Phi) is 5.48. The number of nitro benzene ring substituents is 1. The number of nitrogens with zero attached hydrogens (tertiary/aromatic N) is 2. The van der Waals surface area contributed by atoms with Crippen LogP contribution in [0.2, 0.25) is 0 Å². The summed E-state index contributed by atoms with van der Waals surface area (Å²) in [5, 5.41) is 11.0. The van der Waals surface area contributed by atoms with Crippen LogP contribution >= 0.6 is 0 Å². The van der Waals surface area contributed by atoms with Gasteiger partial charge in [-0.05, 0) is 31.7 Å². The van der Waals surface area contributed by atoms with E-state index >= 15 is 0 Å². The number of benzene rings is 1. The van der Waals surface area contributed by atoms with Crippen molar-refractivity contribution in [3.05, 3.63) is 39.9 Å². The van der Waals surface area contributed by atoms with Crippen LogP contribution in [-0.4, -0.2) is 27.8 Å². The molecule has 2 aliphatic rings. The second kappa shape index (κ2) is 7.77. The molecule has 1 aromatic carbocycles. The highest BCUT2D eigenvalue weighted by molar-refractivity contribution is 5.95. The lowest BCUT2D eigenvalue weighted by Gasteiger charge is -2.41. The molecule has 1 amide bonds. The number of rotatable bonds is 4. The van der Waals surface area contributed by atoms with Crippen LogP contribution in [0.25, 0.3) is 0 Å². The largest absolute Gasteiger partial charge is 0.333 e. The molecule has 24 heavy (non-hydrogen) atoms. The van der Waals surface area contributed by atoms with Gasteiger partial charge in [-0.3, -0.25) is 14.9 Å². The van der Waals surface area contributed by atoms with Crippen molar-refractivity contribution >= 4 is 11.6 Å². The number of carbonyl (C=O) groups is 1. The van der Waals surface area contributed by atoms with Crippen molar-refractivity contribution < 1.29 is 9.72 Å². The summed E-state index contributed by atoms with van der Waals surface area (Å²) in [5.41, 5.74) is 0.452. The van der Waals surface area contributed by atoms with E-state index < -0.39 is 4.92 Å². The maximum Gasteiger partial charge on any atom is 0.270 e. The minimum Gasteiger partial charge on any atom is -0.333 e. The Morgan fingerprint density at radius 3 is 2.00 bits per heavy atom. The van der Waals surface area contributed by atoms with Crippen molar-refractivity contribution in [2.45, 2.75) is 76.3 Å². The van der Waals surface area contributed by atoms with E-state index in [9.17, 15) is 14.9 Å². The second-order valence-corrected chi connectivity index (χ2v) is 7.10. The molecule has 0 atom stereocenters. The van der Waals surface area contributed by atoms with Gasteiger partial charge in [0.05, 0.1) is 4.92 Å². The van der Waals surface area contributed by atoms with Crippen molar-refractivity contribution in [1.82, 2.24) is 4.90 Å². The topological polar surface area (TPSA) is 63.4 Å². The maximum atomic E-state index is 13.2. The Balaban J connectivity index is 1.87. The van der Waals surface area contributed by atoms with Crippen molar-refractivity contribution in [1.29, 1.82) is 0 Å². The Hall–Kier alpha value is -1.91. The minimum absolute atomic E-state index is 0.00640. The van der Waals surface area contributed by atoms with Crippen LogP contribution in [0.3, 0.4) is 0 Å². The number of non-ortho nitro benzene ring substituents is 1. The second-order valence-electron chi connectivity index (χ2n) is 7.10. The quantitative estimate of drug-likeness (QED) is 0.593. The highest BCUT2D eigenvalue weighted by Crippen LogP contribution is 2.31. The molecule has 0 spiro atoms. The normalized spacial score (nSPS) is 19.8. The highest BCUT2D eigenvalue weighted by Gasteiger charge is 2.33. The fourth-order valence-electron chi connectivity index (χ4n) is 4.25. The molecule has 0 radical (unpaired) electrons. The van der Waals surface area contributed by atoms with Crippen LogP contribution in [0.5, 0.6) is 0 Å². The lowest BCUT2D eigenvalue weighted by atomic mass is 9.88. The molecule has 0 saturated heterocycles. The Labute approximate surface area is 143 Å². The molecule has 0 heterocycles. The zero-order chi connectivity index (χ0) is 16.9. The van der Waals surface area contributed by atoms with Gasteiger partial charge in [0.15, 0.2) is 0 Å². The van der Waals surface area contributed by atoms with Gasteiger partial charge in [0.25, 0.3) is 11.6 Å². The van der Waals surface area contributed by atoms with Crippen LogP contribution in [0, 0.1) is 10.1 Å². The molecule has 0 bridgehead atoms. The SMILES string of the molecule is O=C(c1cccc([N+](=O)[O-])c1)N(C1CCCCC1)C1CCCCC1. The molecule has 0 aliphatic heterocycles. The van der Waals surface area contributed by atoms with Crippen molar-refractivity contribution in [3.8, 4) is 0 Å². The molecule has 0 aromatic heterocycles. The van der Waals surface area contributed by atoms with Crippen molar-refractivity contribution in [2.24, 2.45) is 0 Å². The molecule has 2 saturated carbocycles. The number of hydrogen-bond acceptors (Lipinski definition) is 3. The third kappa shape index (κ3) is 3.77. The standard InChI is InChI=1S/C19H26N2O3/c22-19(15-8-7-13-18(14-15)21(23)24)20(16-9-3-1-4-10-16)17-11-5-2-6-12-17/h7-8,13-14,16-17H,1-6,9-12H2. The molecule has 130 valence electrons. The molecule has 2 fully saturated rings. The first-order valence-corrected chi connectivity index (χ1v) is 9.24. The third-order valence-electron chi connectivity index (χ3n) is 5.47. The lowest BCUT2D eigenvalue weighted by molar-refractivity contribution is -0.384. The summed E-state index contributed by atoms with van der Waals surface area (Å²) in [6.45, 7) is 0. The van der Waals surface area contributed by atoms with Gasteiger partial charge < -0.3 is 4.90 Å². The van der Waals surface area contributed by atoms with Gasteiger partial charge >= 0.3 is 0 Å². The summed E-state index contributed by atoms with van der Waals surface area (Å²) in [4.78, 5) is 25.9. The van der Waals surface area contributed by atoms with E-state index in [-0.39, 0.29) is 11.6 Å². The Morgan fingerprint density at radius 2 is 1.50 bits per heavy atom. The number of hydrogen-bond donors (Lipinski definition) is 0.